The van der Waals surface area contributed by atoms with E-state index in [4.69, 9.17) is 4.74 Å². The minimum absolute atomic E-state index is 0.0434. The molecule has 0 spiro atoms. The lowest BCUT2D eigenvalue weighted by Gasteiger charge is -2.18. The van der Waals surface area contributed by atoms with Crippen LogP contribution in [0.25, 0.3) is 0 Å². The molecule has 7 nitrogen and oxygen atoms in total. The summed E-state index contributed by atoms with van der Waals surface area (Å²) in [4.78, 5) is 36.2. The van der Waals surface area contributed by atoms with Crippen molar-refractivity contribution in [3.8, 4) is 0 Å². The number of nitro benzene ring substituents is 1. The van der Waals surface area contributed by atoms with Gasteiger partial charge in [-0.25, -0.2) is 0 Å². The Hall–Kier alpha value is -4.00. The average Bonchev–Trinajstić information content (AvgIpc) is 2.78. The predicted molar refractivity (Wildman–Crippen MR) is 117 cm³/mol. The van der Waals surface area contributed by atoms with Crippen molar-refractivity contribution in [2.75, 3.05) is 5.32 Å². The molecule has 0 radical (unpaired) electrons. The molecule has 0 heterocycles. The van der Waals surface area contributed by atoms with Crippen LogP contribution in [-0.4, -0.2) is 16.8 Å². The summed E-state index contributed by atoms with van der Waals surface area (Å²) in [6, 6.07) is 22.5. The van der Waals surface area contributed by atoms with E-state index in [-0.39, 0.29) is 17.8 Å². The van der Waals surface area contributed by atoms with E-state index in [1.807, 2.05) is 30.3 Å². The fourth-order valence-electron chi connectivity index (χ4n) is 3.08. The van der Waals surface area contributed by atoms with E-state index in [2.05, 4.69) is 5.32 Å². The van der Waals surface area contributed by atoms with Crippen LogP contribution >= 0.6 is 0 Å². The molecule has 0 bridgehead atoms. The van der Waals surface area contributed by atoms with E-state index in [1.165, 1.54) is 12.1 Å². The van der Waals surface area contributed by atoms with E-state index in [0.717, 1.165) is 5.56 Å². The topological polar surface area (TPSA) is 98.5 Å². The fraction of sp³-hybridized carbons (Fsp3) is 0.167. The minimum Gasteiger partial charge on any atom is -0.447 e. The minimum atomic E-state index is -1.23. The number of esters is 1. The lowest BCUT2D eigenvalue weighted by atomic mass is 10.1. The maximum absolute atomic E-state index is 13.0. The average molecular weight is 418 g/mol. The highest BCUT2D eigenvalue weighted by atomic mass is 16.6. The van der Waals surface area contributed by atoms with Crippen molar-refractivity contribution in [2.24, 2.45) is 0 Å². The van der Waals surface area contributed by atoms with Gasteiger partial charge in [-0.1, -0.05) is 66.7 Å². The zero-order valence-corrected chi connectivity index (χ0v) is 17.0. The molecule has 0 aliphatic carbocycles. The lowest BCUT2D eigenvalue weighted by molar-refractivity contribution is -0.384. The molecule has 0 saturated heterocycles. The zero-order chi connectivity index (χ0) is 22.2. The Morgan fingerprint density at radius 2 is 1.65 bits per heavy atom. The zero-order valence-electron chi connectivity index (χ0n) is 17.0. The second-order valence-corrected chi connectivity index (χ2v) is 7.03. The second kappa shape index (κ2) is 10.2. The molecule has 3 rings (SSSR count). The summed E-state index contributed by atoms with van der Waals surface area (Å²) in [6.45, 7) is 1.72. The molecule has 0 aliphatic rings. The summed E-state index contributed by atoms with van der Waals surface area (Å²) < 4.78 is 5.50. The molecule has 1 amide bonds. The quantitative estimate of drug-likeness (QED) is 0.323. The first-order valence-corrected chi connectivity index (χ1v) is 9.78. The number of hydrogen-bond donors (Lipinski definition) is 1. The highest BCUT2D eigenvalue weighted by Crippen LogP contribution is 2.28. The predicted octanol–water partition coefficient (Wildman–Crippen LogP) is 4.76. The largest absolute Gasteiger partial charge is 0.447 e. The first-order valence-electron chi connectivity index (χ1n) is 9.78. The first kappa shape index (κ1) is 21.7. The molecule has 0 unspecified atom stereocenters. The monoisotopic (exact) mass is 418 g/mol. The van der Waals surface area contributed by atoms with Gasteiger partial charge in [0.1, 0.15) is 5.69 Å². The number of hydrogen-bond acceptors (Lipinski definition) is 5. The smallest absolute Gasteiger partial charge is 0.307 e. The molecule has 31 heavy (non-hydrogen) atoms. The van der Waals surface area contributed by atoms with Crippen molar-refractivity contribution in [3.63, 3.8) is 0 Å². The molecule has 3 aromatic carbocycles. The molecule has 1 N–H and O–H groups in total. The SMILES string of the molecule is Cc1ccc(NC(=O)[C@@H](OC(=O)CCc2ccccc2)c2ccccc2)c([N+](=O)[O-])c1. The lowest BCUT2D eigenvalue weighted by Crippen LogP contribution is -2.26. The van der Waals surface area contributed by atoms with Gasteiger partial charge < -0.3 is 10.1 Å². The van der Waals surface area contributed by atoms with Gasteiger partial charge in [0.2, 0.25) is 6.10 Å². The molecule has 3 aromatic rings. The third-order valence-corrected chi connectivity index (χ3v) is 4.66. The van der Waals surface area contributed by atoms with Gasteiger partial charge in [-0.05, 0) is 30.5 Å². The summed E-state index contributed by atoms with van der Waals surface area (Å²) in [5.41, 5.74) is 1.97. The van der Waals surface area contributed by atoms with Crippen LogP contribution in [0.3, 0.4) is 0 Å². The molecule has 1 atom stereocenters. The van der Waals surface area contributed by atoms with Gasteiger partial charge in [0.25, 0.3) is 11.6 Å². The van der Waals surface area contributed by atoms with Crippen molar-refractivity contribution in [1.29, 1.82) is 0 Å². The molecule has 7 heteroatoms. The number of anilines is 1. The van der Waals surface area contributed by atoms with Gasteiger partial charge in [-0.15, -0.1) is 0 Å². The molecule has 0 saturated carbocycles. The summed E-state index contributed by atoms with van der Waals surface area (Å²) >= 11 is 0. The Morgan fingerprint density at radius 1 is 1.00 bits per heavy atom. The number of nitrogens with one attached hydrogen (secondary N) is 1. The maximum atomic E-state index is 13.0. The van der Waals surface area contributed by atoms with Crippen LogP contribution in [0.15, 0.2) is 78.9 Å². The Morgan fingerprint density at radius 3 is 2.29 bits per heavy atom. The van der Waals surface area contributed by atoms with Crippen LogP contribution < -0.4 is 5.32 Å². The van der Waals surface area contributed by atoms with Crippen molar-refractivity contribution in [3.05, 3.63) is 106 Å². The Kier molecular flexibility index (Phi) is 7.11. The van der Waals surface area contributed by atoms with E-state index in [1.54, 1.807) is 43.3 Å². The van der Waals surface area contributed by atoms with Crippen LogP contribution in [0.1, 0.15) is 29.2 Å². The second-order valence-electron chi connectivity index (χ2n) is 7.03. The third kappa shape index (κ3) is 5.99. The van der Waals surface area contributed by atoms with Crippen LogP contribution in [0, 0.1) is 17.0 Å². The normalized spacial score (nSPS) is 11.4. The van der Waals surface area contributed by atoms with E-state index in [0.29, 0.717) is 17.5 Å². The first-order chi connectivity index (χ1) is 14.9. The molecule has 158 valence electrons. The van der Waals surface area contributed by atoms with Crippen LogP contribution in [0.4, 0.5) is 11.4 Å². The summed E-state index contributed by atoms with van der Waals surface area (Å²) in [5, 5.41) is 13.9. The third-order valence-electron chi connectivity index (χ3n) is 4.66. The van der Waals surface area contributed by atoms with Crippen molar-refractivity contribution < 1.29 is 19.2 Å². The van der Waals surface area contributed by atoms with E-state index in [9.17, 15) is 19.7 Å². The number of amides is 1. The number of aryl methyl sites for hydroxylation is 2. The highest BCUT2D eigenvalue weighted by molar-refractivity contribution is 5.97. The number of rotatable bonds is 8. The molecular weight excluding hydrogens is 396 g/mol. The fourth-order valence-corrected chi connectivity index (χ4v) is 3.08. The van der Waals surface area contributed by atoms with Crippen molar-refractivity contribution >= 4 is 23.3 Å². The number of nitro groups is 1. The molecule has 0 fully saturated rings. The van der Waals surface area contributed by atoms with Gasteiger partial charge in [-0.2, -0.15) is 0 Å². The Bertz CT molecular complexity index is 1070. The Balaban J connectivity index is 1.77. The molecular formula is C24H22N2O5. The number of ether oxygens (including phenoxy) is 1. The number of carbonyl (C=O) groups excluding carboxylic acids is 2. The van der Waals surface area contributed by atoms with Crippen LogP contribution in [0.2, 0.25) is 0 Å². The van der Waals surface area contributed by atoms with Gasteiger partial charge in [0.05, 0.1) is 4.92 Å². The Labute approximate surface area is 179 Å². The van der Waals surface area contributed by atoms with Crippen LogP contribution in [0.5, 0.6) is 0 Å². The maximum Gasteiger partial charge on any atom is 0.307 e. The highest BCUT2D eigenvalue weighted by Gasteiger charge is 2.27. The summed E-state index contributed by atoms with van der Waals surface area (Å²) in [5.74, 6) is -1.20. The number of carbonyl (C=O) groups is 2. The van der Waals surface area contributed by atoms with Gasteiger partial charge in [0.15, 0.2) is 0 Å². The molecule has 0 aliphatic heterocycles. The van der Waals surface area contributed by atoms with Gasteiger partial charge in [-0.3, -0.25) is 19.7 Å². The van der Waals surface area contributed by atoms with Gasteiger partial charge in [0, 0.05) is 18.1 Å². The van der Waals surface area contributed by atoms with E-state index < -0.39 is 22.9 Å². The number of benzene rings is 3. The van der Waals surface area contributed by atoms with Crippen LogP contribution in [-0.2, 0) is 20.7 Å². The molecule has 0 aromatic heterocycles. The summed E-state index contributed by atoms with van der Waals surface area (Å²) in [6.07, 6.45) is -0.650. The summed E-state index contributed by atoms with van der Waals surface area (Å²) in [7, 11) is 0. The van der Waals surface area contributed by atoms with E-state index >= 15 is 0 Å². The number of nitrogens with zero attached hydrogens (tertiary/aromatic N) is 1. The van der Waals surface area contributed by atoms with Crippen molar-refractivity contribution in [2.45, 2.75) is 25.9 Å². The standard InChI is InChI=1S/C24H22N2O5/c1-17-12-14-20(21(16-17)26(29)30)25-24(28)23(19-10-6-3-7-11-19)31-22(27)15-13-18-8-4-2-5-9-18/h2-12,14,16,23H,13,15H2,1H3,(H,25,28)/t23-/m0/s1. The van der Waals surface area contributed by atoms with Gasteiger partial charge >= 0.3 is 5.97 Å². The van der Waals surface area contributed by atoms with Crippen molar-refractivity contribution in [1.82, 2.24) is 0 Å².